The van der Waals surface area contributed by atoms with E-state index < -0.39 is 5.60 Å². The van der Waals surface area contributed by atoms with Crippen LogP contribution in [0.4, 0.5) is 0 Å². The quantitative estimate of drug-likeness (QED) is 0.210. The van der Waals surface area contributed by atoms with Crippen molar-refractivity contribution in [2.75, 3.05) is 6.54 Å². The Labute approximate surface area is 118 Å². The number of esters is 1. The van der Waals surface area contributed by atoms with Gasteiger partial charge in [-0.1, -0.05) is 23.0 Å². The van der Waals surface area contributed by atoms with E-state index >= 15 is 0 Å². The van der Waals surface area contributed by atoms with Crippen molar-refractivity contribution in [1.82, 2.24) is 0 Å². The first-order valence-electron chi connectivity index (χ1n) is 6.25. The lowest BCUT2D eigenvalue weighted by molar-refractivity contribution is 0.00695. The van der Waals surface area contributed by atoms with Crippen LogP contribution in [0.5, 0.6) is 0 Å². The van der Waals surface area contributed by atoms with Crippen LogP contribution in [0.3, 0.4) is 0 Å². The van der Waals surface area contributed by atoms with Crippen LogP contribution in [-0.2, 0) is 4.74 Å². The number of carbonyl (C=O) groups excluding carboxylic acids is 1. The SMILES string of the molecule is CC(C)(C)OC(=O)c1cccc(C#CCCN=[N+]=[N-])c1. The molecule has 0 heterocycles. The Morgan fingerprint density at radius 2 is 2.20 bits per heavy atom. The molecular weight excluding hydrogens is 254 g/mol. The summed E-state index contributed by atoms with van der Waals surface area (Å²) in [5.74, 6) is 5.44. The molecule has 0 N–H and O–H groups in total. The van der Waals surface area contributed by atoms with Gasteiger partial charge in [0, 0.05) is 23.4 Å². The van der Waals surface area contributed by atoms with Crippen LogP contribution in [0, 0.1) is 11.8 Å². The summed E-state index contributed by atoms with van der Waals surface area (Å²) in [5.41, 5.74) is 8.82. The van der Waals surface area contributed by atoms with Crippen LogP contribution in [-0.4, -0.2) is 18.1 Å². The van der Waals surface area contributed by atoms with E-state index in [9.17, 15) is 4.79 Å². The minimum absolute atomic E-state index is 0.343. The smallest absolute Gasteiger partial charge is 0.338 e. The van der Waals surface area contributed by atoms with Crippen LogP contribution in [0.2, 0.25) is 0 Å². The number of nitrogens with zero attached hydrogens (tertiary/aromatic N) is 3. The molecule has 0 bridgehead atoms. The van der Waals surface area contributed by atoms with Gasteiger partial charge in [0.25, 0.3) is 0 Å². The number of rotatable bonds is 3. The van der Waals surface area contributed by atoms with Gasteiger partial charge in [-0.3, -0.25) is 0 Å². The lowest BCUT2D eigenvalue weighted by Gasteiger charge is -2.19. The van der Waals surface area contributed by atoms with Crippen LogP contribution in [0.25, 0.3) is 10.4 Å². The minimum Gasteiger partial charge on any atom is -0.456 e. The summed E-state index contributed by atoms with van der Waals surface area (Å²) in [6.45, 7) is 5.81. The highest BCUT2D eigenvalue weighted by atomic mass is 16.6. The van der Waals surface area contributed by atoms with Gasteiger partial charge in [0.05, 0.1) is 5.56 Å². The second-order valence-corrected chi connectivity index (χ2v) is 5.09. The van der Waals surface area contributed by atoms with E-state index in [1.54, 1.807) is 18.2 Å². The summed E-state index contributed by atoms with van der Waals surface area (Å²) >= 11 is 0. The third-order valence-electron chi connectivity index (χ3n) is 2.13. The fourth-order valence-corrected chi connectivity index (χ4v) is 1.38. The first kappa shape index (κ1) is 15.6. The van der Waals surface area contributed by atoms with E-state index in [-0.39, 0.29) is 5.97 Å². The van der Waals surface area contributed by atoms with Crippen molar-refractivity contribution in [2.45, 2.75) is 32.8 Å². The Hall–Kier alpha value is -2.44. The summed E-state index contributed by atoms with van der Waals surface area (Å²) in [4.78, 5) is 14.5. The zero-order chi connectivity index (χ0) is 15.0. The van der Waals surface area contributed by atoms with Gasteiger partial charge in [0.15, 0.2) is 0 Å². The maximum Gasteiger partial charge on any atom is 0.338 e. The molecule has 104 valence electrons. The maximum absolute atomic E-state index is 11.9. The number of hydrogen-bond acceptors (Lipinski definition) is 3. The number of hydrogen-bond donors (Lipinski definition) is 0. The summed E-state index contributed by atoms with van der Waals surface area (Å²) in [6, 6.07) is 6.96. The highest BCUT2D eigenvalue weighted by Gasteiger charge is 2.17. The second-order valence-electron chi connectivity index (χ2n) is 5.09. The Kier molecular flexibility index (Phi) is 5.64. The average Bonchev–Trinajstić information content (AvgIpc) is 2.37. The molecule has 0 aromatic heterocycles. The number of benzene rings is 1. The summed E-state index contributed by atoms with van der Waals surface area (Å²) in [7, 11) is 0. The first-order chi connectivity index (χ1) is 9.42. The van der Waals surface area contributed by atoms with E-state index in [0.29, 0.717) is 18.5 Å². The fraction of sp³-hybridized carbons (Fsp3) is 0.400. The molecule has 0 unspecified atom stereocenters. The zero-order valence-corrected chi connectivity index (χ0v) is 11.9. The number of ether oxygens (including phenoxy) is 1. The monoisotopic (exact) mass is 271 g/mol. The van der Waals surface area contributed by atoms with Crippen LogP contribution >= 0.6 is 0 Å². The molecule has 0 aliphatic heterocycles. The molecule has 5 heteroatoms. The molecule has 1 aromatic rings. The Bertz CT molecular complexity index is 585. The second kappa shape index (κ2) is 7.22. The Balaban J connectivity index is 2.75. The van der Waals surface area contributed by atoms with E-state index in [1.807, 2.05) is 26.8 Å². The van der Waals surface area contributed by atoms with Crippen molar-refractivity contribution < 1.29 is 9.53 Å². The highest BCUT2D eigenvalue weighted by molar-refractivity contribution is 5.90. The molecule has 1 rings (SSSR count). The molecule has 5 nitrogen and oxygen atoms in total. The predicted molar refractivity (Wildman–Crippen MR) is 77.1 cm³/mol. The molecular formula is C15H17N3O2. The summed E-state index contributed by atoms with van der Waals surface area (Å²) < 4.78 is 5.29. The van der Waals surface area contributed by atoms with Gasteiger partial charge < -0.3 is 4.74 Å². The lowest BCUT2D eigenvalue weighted by Crippen LogP contribution is -2.23. The van der Waals surface area contributed by atoms with E-state index in [2.05, 4.69) is 21.9 Å². The van der Waals surface area contributed by atoms with E-state index in [1.165, 1.54) is 0 Å². The van der Waals surface area contributed by atoms with Gasteiger partial charge in [-0.15, -0.1) is 0 Å². The standard InChI is InChI=1S/C15H17N3O2/c1-15(2,3)20-14(19)13-9-6-8-12(11-13)7-4-5-10-17-18-16/h6,8-9,11H,5,10H2,1-3H3. The highest BCUT2D eigenvalue weighted by Crippen LogP contribution is 2.13. The predicted octanol–water partition coefficient (Wildman–Crippen LogP) is 3.69. The average molecular weight is 271 g/mol. The van der Waals surface area contributed by atoms with Gasteiger partial charge in [-0.05, 0) is 44.5 Å². The molecule has 0 spiro atoms. The topological polar surface area (TPSA) is 75.1 Å². The third kappa shape index (κ3) is 5.94. The zero-order valence-electron chi connectivity index (χ0n) is 11.9. The third-order valence-corrected chi connectivity index (χ3v) is 2.13. The molecule has 0 atom stereocenters. The van der Waals surface area contributed by atoms with Crippen molar-refractivity contribution >= 4 is 5.97 Å². The molecule has 0 saturated heterocycles. The molecule has 1 aromatic carbocycles. The lowest BCUT2D eigenvalue weighted by atomic mass is 10.1. The minimum atomic E-state index is -0.520. The van der Waals surface area contributed by atoms with E-state index in [0.717, 1.165) is 5.56 Å². The molecule has 0 amide bonds. The van der Waals surface area contributed by atoms with Crippen LogP contribution < -0.4 is 0 Å². The Morgan fingerprint density at radius 1 is 1.45 bits per heavy atom. The van der Waals surface area contributed by atoms with Crippen LogP contribution in [0.15, 0.2) is 29.4 Å². The van der Waals surface area contributed by atoms with Crippen molar-refractivity contribution in [3.05, 3.63) is 45.8 Å². The van der Waals surface area contributed by atoms with Gasteiger partial charge in [-0.25, -0.2) is 4.79 Å². The maximum atomic E-state index is 11.9. The summed E-state index contributed by atoms with van der Waals surface area (Å²) in [6.07, 6.45) is 0.487. The van der Waals surface area contributed by atoms with Gasteiger partial charge in [-0.2, -0.15) is 0 Å². The van der Waals surface area contributed by atoms with Crippen molar-refractivity contribution in [2.24, 2.45) is 5.11 Å². The summed E-state index contributed by atoms with van der Waals surface area (Å²) in [5, 5.41) is 3.39. The molecule has 0 fully saturated rings. The fourth-order valence-electron chi connectivity index (χ4n) is 1.38. The first-order valence-corrected chi connectivity index (χ1v) is 6.25. The van der Waals surface area contributed by atoms with Crippen molar-refractivity contribution in [3.8, 4) is 11.8 Å². The molecule has 0 aliphatic carbocycles. The largest absolute Gasteiger partial charge is 0.456 e. The van der Waals surface area contributed by atoms with Gasteiger partial charge >= 0.3 is 5.97 Å². The molecule has 0 radical (unpaired) electrons. The van der Waals surface area contributed by atoms with Crippen LogP contribution in [0.1, 0.15) is 43.1 Å². The van der Waals surface area contributed by atoms with Crippen molar-refractivity contribution in [1.29, 1.82) is 0 Å². The molecule has 0 saturated carbocycles. The van der Waals surface area contributed by atoms with Gasteiger partial charge in [0.2, 0.25) is 0 Å². The van der Waals surface area contributed by atoms with Gasteiger partial charge in [0.1, 0.15) is 5.60 Å². The Morgan fingerprint density at radius 3 is 2.85 bits per heavy atom. The van der Waals surface area contributed by atoms with E-state index in [4.69, 9.17) is 10.3 Å². The normalized spacial score (nSPS) is 9.95. The molecule has 0 aliphatic rings. The molecule has 20 heavy (non-hydrogen) atoms. The number of azide groups is 1. The number of carbonyl (C=O) groups is 1. The van der Waals surface area contributed by atoms with Crippen molar-refractivity contribution in [3.63, 3.8) is 0 Å².